The Hall–Kier alpha value is -1.23. The number of hydrogen-bond acceptors (Lipinski definition) is 6. The van der Waals surface area contributed by atoms with Crippen molar-refractivity contribution in [2.24, 2.45) is 0 Å². The number of carbonyl (C=O) groups is 4. The Morgan fingerprint density at radius 3 is 1.16 bits per heavy atom. The fourth-order valence-electron chi connectivity index (χ4n) is 0.831. The molecule has 0 aliphatic rings. The average Bonchev–Trinajstić information content (AvgIpc) is 2.16. The number of rotatable bonds is 6. The number of ether oxygens (including phenoxy) is 2. The maximum absolute atomic E-state index is 10.4. The van der Waals surface area contributed by atoms with Crippen LogP contribution < -0.4 is 0 Å². The van der Waals surface area contributed by atoms with Crippen molar-refractivity contribution in [1.82, 2.24) is 0 Å². The van der Waals surface area contributed by atoms with Crippen molar-refractivity contribution >= 4 is 23.5 Å². The van der Waals surface area contributed by atoms with Gasteiger partial charge >= 0.3 is 11.9 Å². The van der Waals surface area contributed by atoms with Gasteiger partial charge in [0.25, 0.3) is 0 Å². The fourth-order valence-corrected chi connectivity index (χ4v) is 0.831. The van der Waals surface area contributed by atoms with Crippen molar-refractivity contribution in [3.63, 3.8) is 0 Å². The first-order chi connectivity index (χ1) is 8.33. The summed E-state index contributed by atoms with van der Waals surface area (Å²) >= 11 is 0. The van der Waals surface area contributed by atoms with Gasteiger partial charge in [-0.05, 0) is 27.7 Å². The van der Waals surface area contributed by atoms with E-state index in [0.717, 1.165) is 0 Å². The monoisotopic (exact) mass is 318 g/mol. The van der Waals surface area contributed by atoms with Gasteiger partial charge in [-0.25, -0.2) is 0 Å². The van der Waals surface area contributed by atoms with E-state index in [1.165, 1.54) is 13.8 Å². The summed E-state index contributed by atoms with van der Waals surface area (Å²) in [7, 11) is 0. The van der Waals surface area contributed by atoms with Crippen LogP contribution in [0.3, 0.4) is 0 Å². The van der Waals surface area contributed by atoms with E-state index < -0.39 is 11.9 Å². The van der Waals surface area contributed by atoms with Crippen LogP contribution in [0.4, 0.5) is 0 Å². The van der Waals surface area contributed by atoms with E-state index >= 15 is 0 Å². The van der Waals surface area contributed by atoms with Gasteiger partial charge in [0.2, 0.25) is 0 Å². The van der Waals surface area contributed by atoms with Crippen LogP contribution in [0.25, 0.3) is 0 Å². The predicted octanol–water partition coefficient (Wildman–Crippen LogP) is 1.05. The van der Waals surface area contributed by atoms with Crippen LogP contribution in [0.1, 0.15) is 40.5 Å². The maximum atomic E-state index is 10.4. The van der Waals surface area contributed by atoms with Gasteiger partial charge in [0.1, 0.15) is 24.4 Å². The fraction of sp³-hybridized carbons (Fsp3) is 0.667. The molecule has 0 atom stereocenters. The first kappa shape index (κ1) is 22.9. The quantitative estimate of drug-likeness (QED) is 0.413. The molecule has 114 valence electrons. The van der Waals surface area contributed by atoms with Crippen LogP contribution in [0, 0.1) is 0 Å². The molecule has 0 saturated carbocycles. The predicted molar refractivity (Wildman–Crippen MR) is 63.9 cm³/mol. The van der Waals surface area contributed by atoms with Crippen LogP contribution in [0.15, 0.2) is 0 Å². The van der Waals surface area contributed by atoms with E-state index in [2.05, 4.69) is 9.47 Å². The van der Waals surface area contributed by atoms with Gasteiger partial charge in [0.15, 0.2) is 0 Å². The molecule has 0 N–H and O–H groups in total. The van der Waals surface area contributed by atoms with E-state index in [1.54, 1.807) is 13.8 Å². The van der Waals surface area contributed by atoms with Crippen molar-refractivity contribution in [2.45, 2.75) is 40.5 Å². The molecule has 0 radical (unpaired) electrons. The molecule has 0 saturated heterocycles. The summed E-state index contributed by atoms with van der Waals surface area (Å²) in [4.78, 5) is 41.3. The largest absolute Gasteiger partial charge is 0.466 e. The molecular weight excluding hydrogens is 299 g/mol. The summed E-state index contributed by atoms with van der Waals surface area (Å²) in [5.74, 6) is -1.20. The molecule has 0 rings (SSSR count). The zero-order valence-corrected chi connectivity index (χ0v) is 12.6. The smallest absolute Gasteiger partial charge is 0.313 e. The maximum Gasteiger partial charge on any atom is 0.313 e. The minimum absolute atomic E-state index is 0. The third kappa shape index (κ3) is 22.4. The first-order valence-corrected chi connectivity index (χ1v) is 5.63. The summed E-state index contributed by atoms with van der Waals surface area (Å²) in [6, 6.07) is 0. The second kappa shape index (κ2) is 14.8. The molecule has 7 heteroatoms. The Morgan fingerprint density at radius 1 is 0.737 bits per heavy atom. The minimum Gasteiger partial charge on any atom is -0.466 e. The molecule has 0 spiro atoms. The molecule has 0 bridgehead atoms. The molecule has 0 heterocycles. The molecule has 6 nitrogen and oxygen atoms in total. The normalized spacial score (nSPS) is 8.21. The van der Waals surface area contributed by atoms with Crippen molar-refractivity contribution in [3.05, 3.63) is 0 Å². The van der Waals surface area contributed by atoms with Crippen molar-refractivity contribution in [2.75, 3.05) is 13.2 Å². The molecule has 0 aromatic rings. The Morgan fingerprint density at radius 2 is 1.00 bits per heavy atom. The second-order valence-corrected chi connectivity index (χ2v) is 3.37. The Labute approximate surface area is 123 Å². The summed E-state index contributed by atoms with van der Waals surface area (Å²) in [6.07, 6.45) is -0.207. The van der Waals surface area contributed by atoms with Gasteiger partial charge < -0.3 is 9.47 Å². The van der Waals surface area contributed by atoms with E-state index in [0.29, 0.717) is 13.2 Å². The Bertz CT molecular complexity index is 271. The molecule has 0 fully saturated rings. The van der Waals surface area contributed by atoms with Crippen molar-refractivity contribution in [3.8, 4) is 0 Å². The molecule has 0 aliphatic heterocycles. The standard InChI is InChI=1S/2C6H10O3.Ni/c2*1-3-9-6(8)4-5(2)7;/h2*3-4H2,1-2H3;. The topological polar surface area (TPSA) is 86.7 Å². The number of ketones is 2. The van der Waals surface area contributed by atoms with Crippen LogP contribution >= 0.6 is 0 Å². The van der Waals surface area contributed by atoms with Crippen LogP contribution in [-0.4, -0.2) is 36.7 Å². The number of hydrogen-bond donors (Lipinski definition) is 0. The van der Waals surface area contributed by atoms with Gasteiger partial charge in [0.05, 0.1) is 13.2 Å². The van der Waals surface area contributed by atoms with Crippen LogP contribution in [0.2, 0.25) is 0 Å². The molecule has 0 aromatic carbocycles. The summed E-state index contributed by atoms with van der Waals surface area (Å²) < 4.78 is 8.99. The van der Waals surface area contributed by atoms with Crippen molar-refractivity contribution in [1.29, 1.82) is 0 Å². The van der Waals surface area contributed by atoms with E-state index in [4.69, 9.17) is 0 Å². The summed E-state index contributed by atoms with van der Waals surface area (Å²) in [5.41, 5.74) is 0. The van der Waals surface area contributed by atoms with E-state index in [1.807, 2.05) is 0 Å². The Kier molecular flexibility index (Phi) is 17.9. The summed E-state index contributed by atoms with van der Waals surface area (Å²) in [6.45, 7) is 6.81. The van der Waals surface area contributed by atoms with E-state index in [9.17, 15) is 19.2 Å². The SMILES string of the molecule is CCOC(=O)CC(C)=O.CCOC(=O)CC(C)=O.[Ni]. The molecule has 0 aromatic heterocycles. The van der Waals surface area contributed by atoms with Gasteiger partial charge in [-0.1, -0.05) is 0 Å². The molecule has 19 heavy (non-hydrogen) atoms. The zero-order chi connectivity index (χ0) is 14.6. The van der Waals surface area contributed by atoms with Gasteiger partial charge in [-0.2, -0.15) is 0 Å². The molecular formula is C12H20NiO6. The third-order valence-corrected chi connectivity index (χ3v) is 1.40. The number of esters is 2. The van der Waals surface area contributed by atoms with Crippen LogP contribution in [0.5, 0.6) is 0 Å². The van der Waals surface area contributed by atoms with Crippen LogP contribution in [-0.2, 0) is 45.1 Å². The number of Topliss-reactive ketones (excluding diaryl/α,β-unsaturated/α-hetero) is 2. The average molecular weight is 319 g/mol. The minimum atomic E-state index is -0.440. The van der Waals surface area contributed by atoms with Gasteiger partial charge in [-0.15, -0.1) is 0 Å². The van der Waals surface area contributed by atoms with Gasteiger partial charge in [-0.3, -0.25) is 19.2 Å². The third-order valence-electron chi connectivity index (χ3n) is 1.40. The molecule has 0 amide bonds. The summed E-state index contributed by atoms with van der Waals surface area (Å²) in [5, 5.41) is 0. The second-order valence-electron chi connectivity index (χ2n) is 3.37. The van der Waals surface area contributed by atoms with Crippen molar-refractivity contribution < 1.29 is 45.1 Å². The zero-order valence-electron chi connectivity index (χ0n) is 11.6. The molecule has 0 aliphatic carbocycles. The van der Waals surface area contributed by atoms with E-state index in [-0.39, 0.29) is 40.9 Å². The number of carbonyl (C=O) groups excluding carboxylic acids is 4. The Balaban J connectivity index is -0.000000256. The first-order valence-electron chi connectivity index (χ1n) is 5.63. The molecule has 0 unspecified atom stereocenters. The van der Waals surface area contributed by atoms with Gasteiger partial charge in [0, 0.05) is 16.5 Å².